The van der Waals surface area contributed by atoms with Gasteiger partial charge in [0, 0.05) is 5.75 Å². The second kappa shape index (κ2) is 4.51. The van der Waals surface area contributed by atoms with E-state index in [9.17, 15) is 13.2 Å². The molecule has 1 fully saturated rings. The third-order valence-corrected chi connectivity index (χ3v) is 5.03. The molecule has 1 aliphatic carbocycles. The fraction of sp³-hybridized carbons (Fsp3) is 0.900. The molecule has 5 heteroatoms. The lowest BCUT2D eigenvalue weighted by molar-refractivity contribution is -0.154. The van der Waals surface area contributed by atoms with Crippen LogP contribution in [0.1, 0.15) is 39.0 Å². The molecule has 0 spiro atoms. The van der Waals surface area contributed by atoms with Gasteiger partial charge >= 0.3 is 5.97 Å². The maximum atomic E-state index is 11.4. The predicted octanol–water partition coefficient (Wildman–Crippen LogP) is 1.46. The lowest BCUT2D eigenvalue weighted by Crippen LogP contribution is -2.39. The van der Waals surface area contributed by atoms with Crippen LogP contribution >= 0.6 is 0 Å². The molecular weight excluding hydrogens is 216 g/mol. The van der Waals surface area contributed by atoms with E-state index in [1.54, 1.807) is 0 Å². The second-order valence-electron chi connectivity index (χ2n) is 4.34. The Balaban J connectivity index is 2.52. The number of carboxylic acid groups (broad SMARTS) is 1. The van der Waals surface area contributed by atoms with Gasteiger partial charge in [0.15, 0.2) is 0 Å². The molecule has 1 saturated carbocycles. The first-order valence-corrected chi connectivity index (χ1v) is 7.18. The summed E-state index contributed by atoms with van der Waals surface area (Å²) in [6.45, 7) is 1.81. The maximum absolute atomic E-state index is 11.4. The van der Waals surface area contributed by atoms with Crippen LogP contribution in [0.2, 0.25) is 0 Å². The molecule has 0 bridgehead atoms. The van der Waals surface area contributed by atoms with Gasteiger partial charge in [-0.25, -0.2) is 8.42 Å². The van der Waals surface area contributed by atoms with Gasteiger partial charge in [0.2, 0.25) is 0 Å². The molecule has 88 valence electrons. The van der Waals surface area contributed by atoms with Crippen LogP contribution in [0.15, 0.2) is 0 Å². The lowest BCUT2D eigenvalue weighted by atomic mass is 9.67. The van der Waals surface area contributed by atoms with Crippen LogP contribution in [-0.2, 0) is 14.6 Å². The first-order chi connectivity index (χ1) is 6.92. The summed E-state index contributed by atoms with van der Waals surface area (Å²) in [4.78, 5) is 11.0. The van der Waals surface area contributed by atoms with E-state index in [0.717, 1.165) is 6.42 Å². The van der Waals surface area contributed by atoms with Crippen molar-refractivity contribution in [2.45, 2.75) is 39.0 Å². The molecule has 15 heavy (non-hydrogen) atoms. The molecule has 1 N–H and O–H groups in total. The van der Waals surface area contributed by atoms with Crippen LogP contribution in [0.4, 0.5) is 0 Å². The fourth-order valence-electron chi connectivity index (χ4n) is 1.94. The van der Waals surface area contributed by atoms with Gasteiger partial charge in [-0.3, -0.25) is 4.79 Å². The summed E-state index contributed by atoms with van der Waals surface area (Å²) >= 11 is 0. The smallest absolute Gasteiger partial charge is 0.309 e. The highest BCUT2D eigenvalue weighted by atomic mass is 32.2. The largest absolute Gasteiger partial charge is 0.481 e. The minimum atomic E-state index is -3.04. The molecule has 0 heterocycles. The summed E-state index contributed by atoms with van der Waals surface area (Å²) in [5, 5.41) is 9.02. The zero-order chi connectivity index (χ0) is 11.5. The van der Waals surface area contributed by atoms with Crippen LogP contribution in [0.25, 0.3) is 0 Å². The van der Waals surface area contributed by atoms with E-state index in [1.807, 2.05) is 6.92 Å². The maximum Gasteiger partial charge on any atom is 0.309 e. The average molecular weight is 234 g/mol. The van der Waals surface area contributed by atoms with Crippen molar-refractivity contribution in [3.63, 3.8) is 0 Å². The number of carbonyl (C=O) groups is 1. The van der Waals surface area contributed by atoms with Crippen LogP contribution < -0.4 is 0 Å². The Kier molecular flexibility index (Phi) is 3.76. The Morgan fingerprint density at radius 3 is 2.27 bits per heavy atom. The number of carboxylic acids is 1. The van der Waals surface area contributed by atoms with Crippen molar-refractivity contribution < 1.29 is 18.3 Å². The topological polar surface area (TPSA) is 71.4 Å². The zero-order valence-corrected chi connectivity index (χ0v) is 9.85. The van der Waals surface area contributed by atoms with Crippen LogP contribution in [0.5, 0.6) is 0 Å². The van der Waals surface area contributed by atoms with Gasteiger partial charge in [-0.15, -0.1) is 0 Å². The highest BCUT2D eigenvalue weighted by Crippen LogP contribution is 2.44. The second-order valence-corrected chi connectivity index (χ2v) is 6.64. The van der Waals surface area contributed by atoms with Crippen molar-refractivity contribution in [3.8, 4) is 0 Å². The van der Waals surface area contributed by atoms with Crippen LogP contribution in [-0.4, -0.2) is 31.0 Å². The van der Waals surface area contributed by atoms with E-state index in [0.29, 0.717) is 19.3 Å². The molecule has 0 atom stereocenters. The Bertz CT molecular complexity index is 327. The van der Waals surface area contributed by atoms with Crippen molar-refractivity contribution in [1.29, 1.82) is 0 Å². The summed E-state index contributed by atoms with van der Waals surface area (Å²) < 4.78 is 22.9. The highest BCUT2D eigenvalue weighted by molar-refractivity contribution is 7.91. The van der Waals surface area contributed by atoms with Gasteiger partial charge in [0.25, 0.3) is 0 Å². The minimum Gasteiger partial charge on any atom is -0.481 e. The number of aliphatic carboxylic acids is 1. The van der Waals surface area contributed by atoms with E-state index in [-0.39, 0.29) is 17.9 Å². The number of hydrogen-bond acceptors (Lipinski definition) is 3. The fourth-order valence-corrected chi connectivity index (χ4v) is 3.47. The standard InChI is InChI=1S/C10H18O4S/c1-2-7-15(13,14)8-6-10(9(11)12)4-3-5-10/h2-8H2,1H3,(H,11,12). The van der Waals surface area contributed by atoms with Gasteiger partial charge in [-0.2, -0.15) is 0 Å². The van der Waals surface area contributed by atoms with E-state index < -0.39 is 21.2 Å². The van der Waals surface area contributed by atoms with Gasteiger partial charge in [0.1, 0.15) is 9.84 Å². The summed E-state index contributed by atoms with van der Waals surface area (Å²) in [5.41, 5.74) is -0.735. The molecule has 0 amide bonds. The first kappa shape index (κ1) is 12.5. The predicted molar refractivity (Wildman–Crippen MR) is 57.5 cm³/mol. The van der Waals surface area contributed by atoms with E-state index in [4.69, 9.17) is 5.11 Å². The minimum absolute atomic E-state index is 0.0210. The van der Waals surface area contributed by atoms with Gasteiger partial charge in [-0.1, -0.05) is 13.3 Å². The Labute approximate surface area is 90.6 Å². The summed E-state index contributed by atoms with van der Waals surface area (Å²) in [6.07, 6.45) is 3.04. The molecular formula is C10H18O4S. The van der Waals surface area contributed by atoms with Crippen molar-refractivity contribution in [3.05, 3.63) is 0 Å². The number of rotatable bonds is 6. The van der Waals surface area contributed by atoms with Gasteiger partial charge < -0.3 is 5.11 Å². The highest BCUT2D eigenvalue weighted by Gasteiger charge is 2.44. The third kappa shape index (κ3) is 2.93. The number of sulfone groups is 1. The van der Waals surface area contributed by atoms with E-state index in [2.05, 4.69) is 0 Å². The molecule has 0 aromatic carbocycles. The van der Waals surface area contributed by atoms with Gasteiger partial charge in [0.05, 0.1) is 11.2 Å². The monoisotopic (exact) mass is 234 g/mol. The molecule has 0 unspecified atom stereocenters. The summed E-state index contributed by atoms with van der Waals surface area (Å²) in [5.74, 6) is -0.643. The molecule has 4 nitrogen and oxygen atoms in total. The van der Waals surface area contributed by atoms with Crippen molar-refractivity contribution in [1.82, 2.24) is 0 Å². The van der Waals surface area contributed by atoms with Crippen LogP contribution in [0.3, 0.4) is 0 Å². The Hall–Kier alpha value is -0.580. The molecule has 0 aliphatic heterocycles. The Morgan fingerprint density at radius 2 is 1.93 bits per heavy atom. The quantitative estimate of drug-likeness (QED) is 0.755. The molecule has 0 radical (unpaired) electrons. The lowest BCUT2D eigenvalue weighted by Gasteiger charge is -2.37. The average Bonchev–Trinajstić information content (AvgIpc) is 2.00. The summed E-state index contributed by atoms with van der Waals surface area (Å²) in [7, 11) is -3.04. The molecule has 1 rings (SSSR count). The molecule has 0 aromatic rings. The third-order valence-electron chi connectivity index (χ3n) is 3.17. The number of hydrogen-bond donors (Lipinski definition) is 1. The Morgan fingerprint density at radius 1 is 1.33 bits per heavy atom. The summed E-state index contributed by atoms with van der Waals surface area (Å²) in [6, 6.07) is 0. The molecule has 1 aliphatic rings. The SMILES string of the molecule is CCCS(=O)(=O)CCC1(C(=O)O)CCC1. The molecule has 0 saturated heterocycles. The van der Waals surface area contributed by atoms with Crippen molar-refractivity contribution in [2.75, 3.05) is 11.5 Å². The van der Waals surface area contributed by atoms with Gasteiger partial charge in [-0.05, 0) is 25.7 Å². The van der Waals surface area contributed by atoms with E-state index in [1.165, 1.54) is 0 Å². The van der Waals surface area contributed by atoms with Crippen molar-refractivity contribution in [2.24, 2.45) is 5.41 Å². The van der Waals surface area contributed by atoms with Crippen LogP contribution in [0, 0.1) is 5.41 Å². The first-order valence-electron chi connectivity index (χ1n) is 5.36. The van der Waals surface area contributed by atoms with Crippen molar-refractivity contribution >= 4 is 15.8 Å². The normalized spacial score (nSPS) is 19.5. The zero-order valence-electron chi connectivity index (χ0n) is 9.03. The molecule has 0 aromatic heterocycles. The van der Waals surface area contributed by atoms with E-state index >= 15 is 0 Å².